The van der Waals surface area contributed by atoms with Gasteiger partial charge in [-0.3, -0.25) is 0 Å². The second-order valence-corrected chi connectivity index (χ2v) is 7.56. The molecule has 0 aromatic carbocycles. The van der Waals surface area contributed by atoms with Crippen LogP contribution in [0.5, 0.6) is 0 Å². The first-order valence-electron chi connectivity index (χ1n) is 9.57. The Morgan fingerprint density at radius 1 is 0.870 bits per heavy atom. The molecule has 23 heavy (non-hydrogen) atoms. The summed E-state index contributed by atoms with van der Waals surface area (Å²) in [5.41, 5.74) is 0.0773. The molecule has 2 heteroatoms. The summed E-state index contributed by atoms with van der Waals surface area (Å²) in [6.45, 7) is 11.7. The Kier molecular flexibility index (Phi) is 9.81. The van der Waals surface area contributed by atoms with Gasteiger partial charge in [-0.15, -0.1) is 6.58 Å². The molecule has 1 aliphatic heterocycles. The number of hydrogen-bond acceptors (Lipinski definition) is 2. The molecule has 0 atom stereocenters. The standard InChI is InChI=1S/C21H38O2/c1-5-7-8-9-10-11-12-13-14-15-17-21(16-6-2)18-22-20(3,4)23-19-21/h6,14-15H,2,5,7-13,16-19H2,1,3-4H3/b15-14+. The van der Waals surface area contributed by atoms with Crippen LogP contribution in [-0.4, -0.2) is 19.0 Å². The number of allylic oxidation sites excluding steroid dienone is 3. The van der Waals surface area contributed by atoms with Crippen LogP contribution in [-0.2, 0) is 9.47 Å². The molecule has 0 spiro atoms. The van der Waals surface area contributed by atoms with E-state index in [2.05, 4.69) is 25.7 Å². The van der Waals surface area contributed by atoms with Crippen LogP contribution in [0.2, 0.25) is 0 Å². The Hall–Kier alpha value is -0.600. The zero-order valence-corrected chi connectivity index (χ0v) is 15.7. The third-order valence-electron chi connectivity index (χ3n) is 4.72. The third-order valence-corrected chi connectivity index (χ3v) is 4.72. The minimum atomic E-state index is -0.438. The highest BCUT2D eigenvalue weighted by Crippen LogP contribution is 2.36. The van der Waals surface area contributed by atoms with Crippen molar-refractivity contribution >= 4 is 0 Å². The van der Waals surface area contributed by atoms with Crippen LogP contribution in [0.15, 0.2) is 24.8 Å². The minimum Gasteiger partial charge on any atom is -0.350 e. The van der Waals surface area contributed by atoms with E-state index in [0.29, 0.717) is 0 Å². The van der Waals surface area contributed by atoms with E-state index in [0.717, 1.165) is 26.1 Å². The molecule has 1 rings (SSSR count). The Morgan fingerprint density at radius 2 is 1.48 bits per heavy atom. The van der Waals surface area contributed by atoms with E-state index in [4.69, 9.17) is 9.47 Å². The van der Waals surface area contributed by atoms with Gasteiger partial charge in [-0.1, -0.05) is 63.7 Å². The molecule has 0 aliphatic carbocycles. The average Bonchev–Trinajstić information content (AvgIpc) is 2.52. The van der Waals surface area contributed by atoms with Gasteiger partial charge in [0.15, 0.2) is 5.79 Å². The quantitative estimate of drug-likeness (QED) is 0.305. The maximum absolute atomic E-state index is 5.87. The molecule has 1 heterocycles. The molecule has 1 aliphatic rings. The van der Waals surface area contributed by atoms with Crippen LogP contribution in [0.1, 0.15) is 85.0 Å². The lowest BCUT2D eigenvalue weighted by molar-refractivity contribution is -0.284. The third kappa shape index (κ3) is 8.72. The number of hydrogen-bond donors (Lipinski definition) is 0. The first kappa shape index (κ1) is 20.4. The minimum absolute atomic E-state index is 0.0773. The summed E-state index contributed by atoms with van der Waals surface area (Å²) in [7, 11) is 0. The highest BCUT2D eigenvalue weighted by atomic mass is 16.7. The van der Waals surface area contributed by atoms with Gasteiger partial charge in [0.2, 0.25) is 0 Å². The van der Waals surface area contributed by atoms with Gasteiger partial charge in [-0.05, 0) is 39.5 Å². The Labute approximate surface area is 144 Å². The fraction of sp³-hybridized carbons (Fsp3) is 0.810. The molecule has 0 bridgehead atoms. The second kappa shape index (κ2) is 11.0. The zero-order chi connectivity index (χ0) is 17.0. The highest BCUT2D eigenvalue weighted by molar-refractivity contribution is 4.96. The van der Waals surface area contributed by atoms with Crippen LogP contribution in [0.4, 0.5) is 0 Å². The Bertz CT molecular complexity index is 334. The van der Waals surface area contributed by atoms with Crippen LogP contribution < -0.4 is 0 Å². The molecule has 0 saturated carbocycles. The molecule has 0 aromatic rings. The van der Waals surface area contributed by atoms with Crippen molar-refractivity contribution in [2.24, 2.45) is 5.41 Å². The molecule has 0 radical (unpaired) electrons. The smallest absolute Gasteiger partial charge is 0.162 e. The van der Waals surface area contributed by atoms with Gasteiger partial charge in [0.25, 0.3) is 0 Å². The van der Waals surface area contributed by atoms with Crippen LogP contribution in [0.25, 0.3) is 0 Å². The Morgan fingerprint density at radius 3 is 2.09 bits per heavy atom. The van der Waals surface area contributed by atoms with E-state index < -0.39 is 5.79 Å². The van der Waals surface area contributed by atoms with Gasteiger partial charge in [-0.2, -0.15) is 0 Å². The molecule has 0 N–H and O–H groups in total. The summed E-state index contributed by atoms with van der Waals surface area (Å²) in [5, 5.41) is 0. The molecule has 0 unspecified atom stereocenters. The van der Waals surface area contributed by atoms with Crippen LogP contribution in [0.3, 0.4) is 0 Å². The van der Waals surface area contributed by atoms with E-state index in [1.165, 1.54) is 51.4 Å². The van der Waals surface area contributed by atoms with Crippen molar-refractivity contribution in [2.75, 3.05) is 13.2 Å². The molecule has 134 valence electrons. The van der Waals surface area contributed by atoms with Crippen LogP contribution in [0, 0.1) is 5.41 Å². The van der Waals surface area contributed by atoms with Crippen molar-refractivity contribution in [1.29, 1.82) is 0 Å². The summed E-state index contributed by atoms with van der Waals surface area (Å²) in [5.74, 6) is -0.438. The largest absolute Gasteiger partial charge is 0.350 e. The SMILES string of the molecule is C=CCC1(C/C=C/CCCCCCCCC)COC(C)(C)OC1. The van der Waals surface area contributed by atoms with Crippen molar-refractivity contribution in [3.05, 3.63) is 24.8 Å². The molecule has 1 saturated heterocycles. The van der Waals surface area contributed by atoms with E-state index in [1.807, 2.05) is 19.9 Å². The molecule has 1 fully saturated rings. The van der Waals surface area contributed by atoms with Crippen LogP contribution >= 0.6 is 0 Å². The number of unbranched alkanes of at least 4 members (excludes halogenated alkanes) is 7. The van der Waals surface area contributed by atoms with Crippen molar-refractivity contribution in [1.82, 2.24) is 0 Å². The molecule has 0 aromatic heterocycles. The van der Waals surface area contributed by atoms with E-state index in [1.54, 1.807) is 0 Å². The van der Waals surface area contributed by atoms with Crippen molar-refractivity contribution in [2.45, 2.75) is 90.8 Å². The maximum Gasteiger partial charge on any atom is 0.162 e. The van der Waals surface area contributed by atoms with Crippen molar-refractivity contribution in [3.63, 3.8) is 0 Å². The molecule has 2 nitrogen and oxygen atoms in total. The normalized spacial score (nSPS) is 20.0. The first-order valence-corrected chi connectivity index (χ1v) is 9.57. The summed E-state index contributed by atoms with van der Waals surface area (Å²) < 4.78 is 11.7. The van der Waals surface area contributed by atoms with Crippen molar-refractivity contribution < 1.29 is 9.47 Å². The summed E-state index contributed by atoms with van der Waals surface area (Å²) in [6.07, 6.45) is 19.5. The number of ether oxygens (including phenoxy) is 2. The topological polar surface area (TPSA) is 18.5 Å². The monoisotopic (exact) mass is 322 g/mol. The molecule has 0 amide bonds. The van der Waals surface area contributed by atoms with Gasteiger partial charge in [0.1, 0.15) is 0 Å². The lowest BCUT2D eigenvalue weighted by Crippen LogP contribution is -2.46. The van der Waals surface area contributed by atoms with E-state index in [9.17, 15) is 0 Å². The van der Waals surface area contributed by atoms with Gasteiger partial charge in [-0.25, -0.2) is 0 Å². The predicted octanol–water partition coefficient (Wildman–Crippen LogP) is 6.42. The first-order chi connectivity index (χ1) is 11.0. The summed E-state index contributed by atoms with van der Waals surface area (Å²) in [6, 6.07) is 0. The van der Waals surface area contributed by atoms with E-state index in [-0.39, 0.29) is 5.41 Å². The fourth-order valence-corrected chi connectivity index (χ4v) is 3.03. The lowest BCUT2D eigenvalue weighted by atomic mass is 9.81. The number of rotatable bonds is 12. The maximum atomic E-state index is 5.87. The highest BCUT2D eigenvalue weighted by Gasteiger charge is 2.38. The lowest BCUT2D eigenvalue weighted by Gasteiger charge is -2.42. The van der Waals surface area contributed by atoms with Gasteiger partial charge < -0.3 is 9.47 Å². The summed E-state index contributed by atoms with van der Waals surface area (Å²) >= 11 is 0. The Balaban J connectivity index is 2.19. The van der Waals surface area contributed by atoms with E-state index >= 15 is 0 Å². The molecular formula is C21H38O2. The fourth-order valence-electron chi connectivity index (χ4n) is 3.03. The van der Waals surface area contributed by atoms with Gasteiger partial charge >= 0.3 is 0 Å². The summed E-state index contributed by atoms with van der Waals surface area (Å²) in [4.78, 5) is 0. The van der Waals surface area contributed by atoms with Gasteiger partial charge in [0, 0.05) is 5.41 Å². The second-order valence-electron chi connectivity index (χ2n) is 7.56. The van der Waals surface area contributed by atoms with Gasteiger partial charge in [0.05, 0.1) is 13.2 Å². The average molecular weight is 323 g/mol. The predicted molar refractivity (Wildman–Crippen MR) is 99.6 cm³/mol. The zero-order valence-electron chi connectivity index (χ0n) is 15.7. The molecular weight excluding hydrogens is 284 g/mol. The van der Waals surface area contributed by atoms with Crippen molar-refractivity contribution in [3.8, 4) is 0 Å².